The van der Waals surface area contributed by atoms with Gasteiger partial charge in [-0.3, -0.25) is 9.59 Å². The molecule has 3 rings (SSSR count). The molecule has 0 atom stereocenters. The van der Waals surface area contributed by atoms with Crippen LogP contribution in [0.2, 0.25) is 0 Å². The number of rotatable bonds is 6. The van der Waals surface area contributed by atoms with Gasteiger partial charge in [-0.15, -0.1) is 0 Å². The normalized spacial score (nSPS) is 11.1. The number of nitrogens with one attached hydrogen (secondary N) is 1. The van der Waals surface area contributed by atoms with Crippen LogP contribution in [0, 0.1) is 0 Å². The predicted octanol–water partition coefficient (Wildman–Crippen LogP) is 6.65. The fraction of sp³-hybridized carbons (Fsp3) is 0.280. The van der Waals surface area contributed by atoms with E-state index in [9.17, 15) is 9.59 Å². The molecule has 1 aromatic heterocycles. The zero-order chi connectivity index (χ0) is 21.1. The van der Waals surface area contributed by atoms with E-state index in [4.69, 9.17) is 4.42 Å². The first kappa shape index (κ1) is 20.6. The average Bonchev–Trinajstić information content (AvgIpc) is 3.18. The van der Waals surface area contributed by atoms with Gasteiger partial charge in [-0.05, 0) is 42.0 Å². The van der Waals surface area contributed by atoms with E-state index in [2.05, 4.69) is 45.1 Å². The van der Waals surface area contributed by atoms with Gasteiger partial charge >= 0.3 is 0 Å². The number of carbonyl (C=O) groups excluding carboxylic acids is 2. The van der Waals surface area contributed by atoms with E-state index < -0.39 is 0 Å². The molecule has 0 unspecified atom stereocenters. The first-order valence-electron chi connectivity index (χ1n) is 9.93. The summed E-state index contributed by atoms with van der Waals surface area (Å²) in [5.74, 6) is 1.16. The second-order valence-electron chi connectivity index (χ2n) is 7.87. The van der Waals surface area contributed by atoms with Crippen LogP contribution in [0.15, 0.2) is 59.0 Å². The van der Waals surface area contributed by atoms with Gasteiger partial charge in [0.2, 0.25) is 0 Å². The first-order chi connectivity index (χ1) is 13.8. The molecule has 3 aromatic rings. The van der Waals surface area contributed by atoms with Gasteiger partial charge in [0.25, 0.3) is 5.91 Å². The second kappa shape index (κ2) is 8.48. The minimum absolute atomic E-state index is 0.0147. The minimum atomic E-state index is -0.272. The number of carbonyl (C=O) groups is 2. The summed E-state index contributed by atoms with van der Waals surface area (Å²) in [6.07, 6.45) is 0. The standard InChI is InChI=1S/C25H27NO3/c1-15(2)20-7-6-8-21(16(3)4)24(20)26-25(28)23-14-13-22(29-23)19-11-9-18(10-12-19)17(5)27/h6-16H,1-5H3,(H,26,28). The number of benzene rings is 2. The van der Waals surface area contributed by atoms with Crippen molar-refractivity contribution >= 4 is 17.4 Å². The summed E-state index contributed by atoms with van der Waals surface area (Å²) in [6, 6.07) is 16.8. The van der Waals surface area contributed by atoms with E-state index in [1.807, 2.05) is 18.2 Å². The number of furan rings is 1. The summed E-state index contributed by atoms with van der Waals surface area (Å²) in [7, 11) is 0. The molecule has 0 saturated heterocycles. The molecule has 4 heteroatoms. The lowest BCUT2D eigenvalue weighted by molar-refractivity contribution is 0.0994. The van der Waals surface area contributed by atoms with Crippen LogP contribution in [-0.4, -0.2) is 11.7 Å². The summed E-state index contributed by atoms with van der Waals surface area (Å²) < 4.78 is 5.81. The van der Waals surface area contributed by atoms with Crippen molar-refractivity contribution in [1.29, 1.82) is 0 Å². The number of hydrogen-bond donors (Lipinski definition) is 1. The van der Waals surface area contributed by atoms with Crippen LogP contribution in [0.25, 0.3) is 11.3 Å². The summed E-state index contributed by atoms with van der Waals surface area (Å²) in [5, 5.41) is 3.07. The van der Waals surface area contributed by atoms with Gasteiger partial charge in [0, 0.05) is 16.8 Å². The number of para-hydroxylation sites is 1. The van der Waals surface area contributed by atoms with Gasteiger partial charge in [0.15, 0.2) is 11.5 Å². The SMILES string of the molecule is CC(=O)c1ccc(-c2ccc(C(=O)Nc3c(C(C)C)cccc3C(C)C)o2)cc1. The van der Waals surface area contributed by atoms with Gasteiger partial charge < -0.3 is 9.73 Å². The Morgan fingerprint density at radius 3 is 1.93 bits per heavy atom. The molecule has 0 aliphatic carbocycles. The van der Waals surface area contributed by atoms with Crippen molar-refractivity contribution in [3.8, 4) is 11.3 Å². The van der Waals surface area contributed by atoms with Crippen LogP contribution in [0.3, 0.4) is 0 Å². The largest absolute Gasteiger partial charge is 0.451 e. The highest BCUT2D eigenvalue weighted by atomic mass is 16.3. The monoisotopic (exact) mass is 389 g/mol. The molecule has 2 aromatic carbocycles. The van der Waals surface area contributed by atoms with Crippen molar-refractivity contribution in [2.24, 2.45) is 0 Å². The lowest BCUT2D eigenvalue weighted by Gasteiger charge is -2.19. The van der Waals surface area contributed by atoms with Crippen molar-refractivity contribution < 1.29 is 14.0 Å². The highest BCUT2D eigenvalue weighted by Gasteiger charge is 2.19. The Balaban J connectivity index is 1.87. The Labute approximate surface area is 171 Å². The lowest BCUT2D eigenvalue weighted by atomic mass is 9.92. The van der Waals surface area contributed by atoms with E-state index in [0.29, 0.717) is 11.3 Å². The molecule has 1 amide bonds. The Hall–Kier alpha value is -3.14. The number of hydrogen-bond acceptors (Lipinski definition) is 3. The maximum Gasteiger partial charge on any atom is 0.291 e. The summed E-state index contributed by atoms with van der Waals surface area (Å²) in [4.78, 5) is 24.3. The second-order valence-corrected chi connectivity index (χ2v) is 7.87. The third-order valence-corrected chi connectivity index (χ3v) is 5.02. The van der Waals surface area contributed by atoms with Crippen LogP contribution in [0.1, 0.15) is 78.5 Å². The van der Waals surface area contributed by atoms with Gasteiger partial charge in [-0.25, -0.2) is 0 Å². The number of Topliss-reactive ketones (excluding diaryl/α,β-unsaturated/α-hetero) is 1. The van der Waals surface area contributed by atoms with Crippen LogP contribution in [0.4, 0.5) is 5.69 Å². The molecular formula is C25H27NO3. The fourth-order valence-corrected chi connectivity index (χ4v) is 3.35. The molecule has 4 nitrogen and oxygen atoms in total. The van der Waals surface area contributed by atoms with Crippen molar-refractivity contribution in [2.75, 3.05) is 5.32 Å². The Morgan fingerprint density at radius 1 is 0.828 bits per heavy atom. The smallest absolute Gasteiger partial charge is 0.291 e. The Kier molecular flexibility index (Phi) is 6.02. The highest BCUT2D eigenvalue weighted by Crippen LogP contribution is 2.33. The van der Waals surface area contributed by atoms with E-state index in [1.54, 1.807) is 24.3 Å². The molecule has 1 heterocycles. The number of ketones is 1. The third kappa shape index (κ3) is 4.48. The molecule has 1 N–H and O–H groups in total. The topological polar surface area (TPSA) is 59.3 Å². The van der Waals surface area contributed by atoms with Crippen LogP contribution in [-0.2, 0) is 0 Å². The number of anilines is 1. The predicted molar refractivity (Wildman–Crippen MR) is 117 cm³/mol. The molecule has 0 radical (unpaired) electrons. The molecule has 150 valence electrons. The van der Waals surface area contributed by atoms with Crippen molar-refractivity contribution in [3.63, 3.8) is 0 Å². The van der Waals surface area contributed by atoms with E-state index in [-0.39, 0.29) is 29.3 Å². The summed E-state index contributed by atoms with van der Waals surface area (Å²) >= 11 is 0. The minimum Gasteiger partial charge on any atom is -0.451 e. The fourth-order valence-electron chi connectivity index (χ4n) is 3.35. The Morgan fingerprint density at radius 2 is 1.41 bits per heavy atom. The molecule has 0 spiro atoms. The van der Waals surface area contributed by atoms with Gasteiger partial charge in [-0.1, -0.05) is 70.2 Å². The summed E-state index contributed by atoms with van der Waals surface area (Å²) in [5.41, 5.74) is 4.54. The molecule has 0 aliphatic rings. The maximum atomic E-state index is 12.9. The highest BCUT2D eigenvalue weighted by molar-refractivity contribution is 6.03. The maximum absolute atomic E-state index is 12.9. The van der Waals surface area contributed by atoms with Crippen molar-refractivity contribution in [2.45, 2.75) is 46.5 Å². The molecule has 0 fully saturated rings. The van der Waals surface area contributed by atoms with Gasteiger partial charge in [0.1, 0.15) is 5.76 Å². The Bertz CT molecular complexity index is 1000. The first-order valence-corrected chi connectivity index (χ1v) is 9.93. The zero-order valence-electron chi connectivity index (χ0n) is 17.6. The van der Waals surface area contributed by atoms with E-state index in [1.165, 1.54) is 6.92 Å². The van der Waals surface area contributed by atoms with Crippen LogP contribution in [0.5, 0.6) is 0 Å². The van der Waals surface area contributed by atoms with Crippen molar-refractivity contribution in [3.05, 3.63) is 77.0 Å². The van der Waals surface area contributed by atoms with Crippen LogP contribution < -0.4 is 5.32 Å². The number of amides is 1. The molecule has 0 aliphatic heterocycles. The van der Waals surface area contributed by atoms with Gasteiger partial charge in [-0.2, -0.15) is 0 Å². The lowest BCUT2D eigenvalue weighted by Crippen LogP contribution is -2.15. The quantitative estimate of drug-likeness (QED) is 0.480. The summed E-state index contributed by atoms with van der Waals surface area (Å²) in [6.45, 7) is 10.00. The average molecular weight is 389 g/mol. The zero-order valence-corrected chi connectivity index (χ0v) is 17.6. The molecule has 0 saturated carbocycles. The van der Waals surface area contributed by atoms with Gasteiger partial charge in [0.05, 0.1) is 0 Å². The van der Waals surface area contributed by atoms with E-state index in [0.717, 1.165) is 22.4 Å². The van der Waals surface area contributed by atoms with Crippen molar-refractivity contribution in [1.82, 2.24) is 0 Å². The third-order valence-electron chi connectivity index (χ3n) is 5.02. The molecule has 29 heavy (non-hydrogen) atoms. The van der Waals surface area contributed by atoms with Crippen LogP contribution >= 0.6 is 0 Å². The van der Waals surface area contributed by atoms with E-state index >= 15 is 0 Å². The molecular weight excluding hydrogens is 362 g/mol. The molecule has 0 bridgehead atoms.